The number of amides is 2. The van der Waals surface area contributed by atoms with Crippen LogP contribution in [0.5, 0.6) is 0 Å². The number of ether oxygens (including phenoxy) is 1. The van der Waals surface area contributed by atoms with Crippen LogP contribution in [0.2, 0.25) is 0 Å². The Morgan fingerprint density at radius 3 is 1.52 bits per heavy atom. The van der Waals surface area contributed by atoms with Crippen molar-refractivity contribution in [2.45, 2.75) is 187 Å². The number of allylic oxidation sites excluding steroid dienone is 12. The molecule has 0 aliphatic rings. The first-order chi connectivity index (χ1) is 27.3. The fourth-order valence-electron chi connectivity index (χ4n) is 5.89. The van der Waals surface area contributed by atoms with Crippen LogP contribution in [-0.4, -0.2) is 59.3 Å². The van der Waals surface area contributed by atoms with Crippen LogP contribution < -0.4 is 10.6 Å². The lowest BCUT2D eigenvalue weighted by Crippen LogP contribution is -2.47. The van der Waals surface area contributed by atoms with Gasteiger partial charge in [-0.3, -0.25) is 14.4 Å². The first kappa shape index (κ1) is 52.3. The monoisotopic (exact) mass is 783 g/mol. The summed E-state index contributed by atoms with van der Waals surface area (Å²) in [5.74, 6) is -2.35. The normalized spacial score (nSPS) is 13.2. The van der Waals surface area contributed by atoms with Crippen molar-refractivity contribution >= 4 is 23.8 Å². The van der Waals surface area contributed by atoms with E-state index in [2.05, 4.69) is 97.4 Å². The molecule has 0 saturated carbocycles. The van der Waals surface area contributed by atoms with E-state index in [9.17, 15) is 19.2 Å². The molecular formula is C47H78N2O7. The van der Waals surface area contributed by atoms with Gasteiger partial charge in [0.05, 0.1) is 13.2 Å². The Morgan fingerprint density at radius 2 is 1.02 bits per heavy atom. The fraction of sp³-hybridized carbons (Fsp3) is 0.660. The summed E-state index contributed by atoms with van der Waals surface area (Å²) in [6.45, 7) is 3.33. The van der Waals surface area contributed by atoms with E-state index in [4.69, 9.17) is 14.9 Å². The summed E-state index contributed by atoms with van der Waals surface area (Å²) in [4.78, 5) is 47.5. The van der Waals surface area contributed by atoms with Crippen molar-refractivity contribution in [3.05, 3.63) is 72.9 Å². The highest BCUT2D eigenvalue weighted by Gasteiger charge is 2.19. The van der Waals surface area contributed by atoms with Crippen LogP contribution in [0, 0.1) is 0 Å². The molecule has 0 aliphatic heterocycles. The molecule has 2 unspecified atom stereocenters. The maximum Gasteiger partial charge on any atom is 0.328 e. The summed E-state index contributed by atoms with van der Waals surface area (Å²) in [7, 11) is 0. The van der Waals surface area contributed by atoms with Crippen LogP contribution in [0.25, 0.3) is 0 Å². The molecule has 56 heavy (non-hydrogen) atoms. The van der Waals surface area contributed by atoms with Crippen LogP contribution in [0.4, 0.5) is 0 Å². The molecule has 0 aliphatic carbocycles. The lowest BCUT2D eigenvalue weighted by atomic mass is 10.0. The van der Waals surface area contributed by atoms with Crippen LogP contribution in [0.1, 0.15) is 174 Å². The van der Waals surface area contributed by atoms with Crippen molar-refractivity contribution in [1.29, 1.82) is 0 Å². The van der Waals surface area contributed by atoms with Gasteiger partial charge in [-0.2, -0.15) is 0 Å². The number of rotatable bonds is 38. The second kappa shape index (κ2) is 40.9. The SMILES string of the molecule is CC/C=C\C/C=C\C/C=C\C/C=C\C/C=C\C/C=C\CCCCC(=O)OC(CCCCCCCCC)CCCCCCCC(=O)NCC(=O)NC(CO)C(=O)O. The van der Waals surface area contributed by atoms with E-state index in [0.29, 0.717) is 12.8 Å². The van der Waals surface area contributed by atoms with Gasteiger partial charge in [0.15, 0.2) is 0 Å². The number of carboxylic acid groups (broad SMARTS) is 1. The Labute approximate surface area is 340 Å². The molecule has 0 fully saturated rings. The standard InChI is InChI=1S/C47H78N2O7/c1-3-5-7-9-11-12-13-14-15-16-17-18-19-20-21-22-23-24-26-31-35-39-46(53)56-42(36-32-28-25-10-8-6-4-2)37-33-29-27-30-34-38-44(51)48-40-45(52)49-43(41-50)47(54)55/h5,7,11-12,14-15,17-18,20-21,23-24,42-43,50H,3-4,6,8-10,13,16,19,22,25-41H2,1-2H3,(H,48,51)(H,49,52)(H,54,55)/b7-5-,12-11-,15-14-,18-17-,21-20-,24-23-. The number of carbonyl (C=O) groups excluding carboxylic acids is 3. The molecule has 2 atom stereocenters. The smallest absolute Gasteiger partial charge is 0.328 e. The number of aliphatic hydroxyl groups is 1. The maximum absolute atomic E-state index is 12.7. The molecule has 318 valence electrons. The number of aliphatic hydroxyl groups excluding tert-OH is 1. The number of aliphatic carboxylic acids is 1. The Bertz CT molecular complexity index is 1170. The van der Waals surface area contributed by atoms with Crippen LogP contribution in [0.15, 0.2) is 72.9 Å². The van der Waals surface area contributed by atoms with E-state index in [-0.39, 0.29) is 30.9 Å². The van der Waals surface area contributed by atoms with Crippen molar-refractivity contribution in [1.82, 2.24) is 10.6 Å². The quantitative estimate of drug-likeness (QED) is 0.0277. The Balaban J connectivity index is 4.24. The zero-order chi connectivity index (χ0) is 41.2. The van der Waals surface area contributed by atoms with Gasteiger partial charge >= 0.3 is 11.9 Å². The highest BCUT2D eigenvalue weighted by Crippen LogP contribution is 2.18. The second-order valence-corrected chi connectivity index (χ2v) is 14.4. The molecule has 0 radical (unpaired) electrons. The molecule has 0 bridgehead atoms. The van der Waals surface area contributed by atoms with Gasteiger partial charge in [0.25, 0.3) is 0 Å². The molecular weight excluding hydrogens is 705 g/mol. The zero-order valence-corrected chi connectivity index (χ0v) is 35.1. The topological polar surface area (TPSA) is 142 Å². The molecule has 0 aromatic heterocycles. The van der Waals surface area contributed by atoms with Crippen molar-refractivity contribution in [2.24, 2.45) is 0 Å². The lowest BCUT2D eigenvalue weighted by Gasteiger charge is -2.18. The van der Waals surface area contributed by atoms with Crippen molar-refractivity contribution in [2.75, 3.05) is 13.2 Å². The molecule has 0 rings (SSSR count). The van der Waals surface area contributed by atoms with E-state index in [1.165, 1.54) is 38.5 Å². The zero-order valence-electron chi connectivity index (χ0n) is 35.1. The summed E-state index contributed by atoms with van der Waals surface area (Å²) in [5, 5.41) is 22.5. The molecule has 9 heteroatoms. The number of carbonyl (C=O) groups is 4. The third kappa shape index (κ3) is 37.2. The molecule has 0 aromatic carbocycles. The predicted molar refractivity (Wildman–Crippen MR) is 231 cm³/mol. The second-order valence-electron chi connectivity index (χ2n) is 14.4. The first-order valence-corrected chi connectivity index (χ1v) is 21.8. The van der Waals surface area contributed by atoms with Gasteiger partial charge in [0.2, 0.25) is 11.8 Å². The Kier molecular flexibility index (Phi) is 38.2. The Hall–Kier alpha value is -3.72. The van der Waals surface area contributed by atoms with Crippen molar-refractivity contribution in [3.8, 4) is 0 Å². The van der Waals surface area contributed by atoms with Gasteiger partial charge in [0, 0.05) is 12.8 Å². The number of carboxylic acids is 1. The summed E-state index contributed by atoms with van der Waals surface area (Å²) in [6.07, 6.45) is 50.8. The molecule has 0 aromatic rings. The minimum Gasteiger partial charge on any atom is -0.480 e. The highest BCUT2D eigenvalue weighted by atomic mass is 16.5. The lowest BCUT2D eigenvalue weighted by molar-refractivity contribution is -0.150. The van der Waals surface area contributed by atoms with Crippen LogP contribution >= 0.6 is 0 Å². The third-order valence-electron chi connectivity index (χ3n) is 9.22. The predicted octanol–water partition coefficient (Wildman–Crippen LogP) is 10.7. The van der Waals surface area contributed by atoms with Gasteiger partial charge in [0.1, 0.15) is 12.1 Å². The number of unbranched alkanes of at least 4 members (excludes halogenated alkanes) is 12. The number of nitrogens with one attached hydrogen (secondary N) is 2. The average Bonchev–Trinajstić information content (AvgIpc) is 3.18. The number of esters is 1. The minimum absolute atomic E-state index is 0.0370. The Morgan fingerprint density at radius 1 is 0.554 bits per heavy atom. The maximum atomic E-state index is 12.7. The first-order valence-electron chi connectivity index (χ1n) is 21.8. The summed E-state index contributed by atoms with van der Waals surface area (Å²) in [6, 6.07) is -1.39. The average molecular weight is 783 g/mol. The molecule has 9 nitrogen and oxygen atoms in total. The van der Waals surface area contributed by atoms with Gasteiger partial charge in [-0.15, -0.1) is 0 Å². The van der Waals surface area contributed by atoms with Crippen LogP contribution in [-0.2, 0) is 23.9 Å². The van der Waals surface area contributed by atoms with Crippen molar-refractivity contribution < 1.29 is 34.1 Å². The third-order valence-corrected chi connectivity index (χ3v) is 9.22. The summed E-state index contributed by atoms with van der Waals surface area (Å²) >= 11 is 0. The van der Waals surface area contributed by atoms with Crippen LogP contribution in [0.3, 0.4) is 0 Å². The van der Waals surface area contributed by atoms with E-state index < -0.39 is 24.5 Å². The number of hydrogen-bond donors (Lipinski definition) is 4. The fourth-order valence-corrected chi connectivity index (χ4v) is 5.89. The van der Waals surface area contributed by atoms with Gasteiger partial charge < -0.3 is 25.6 Å². The number of hydrogen-bond acceptors (Lipinski definition) is 6. The van der Waals surface area contributed by atoms with E-state index in [1.54, 1.807) is 0 Å². The van der Waals surface area contributed by atoms with E-state index in [1.807, 2.05) is 0 Å². The minimum atomic E-state index is -1.39. The van der Waals surface area contributed by atoms with E-state index >= 15 is 0 Å². The molecule has 0 spiro atoms. The summed E-state index contributed by atoms with van der Waals surface area (Å²) < 4.78 is 5.98. The van der Waals surface area contributed by atoms with Gasteiger partial charge in [-0.1, -0.05) is 145 Å². The summed E-state index contributed by atoms with van der Waals surface area (Å²) in [5.41, 5.74) is 0. The highest BCUT2D eigenvalue weighted by molar-refractivity contribution is 5.87. The van der Waals surface area contributed by atoms with Crippen molar-refractivity contribution in [3.63, 3.8) is 0 Å². The van der Waals surface area contributed by atoms with Gasteiger partial charge in [-0.05, 0) is 89.9 Å². The molecule has 4 N–H and O–H groups in total. The largest absolute Gasteiger partial charge is 0.480 e. The molecule has 0 saturated heterocycles. The molecule has 2 amide bonds. The van der Waals surface area contributed by atoms with Gasteiger partial charge in [-0.25, -0.2) is 4.79 Å². The molecule has 0 heterocycles. The van der Waals surface area contributed by atoms with E-state index in [0.717, 1.165) is 103 Å².